The van der Waals surface area contributed by atoms with E-state index in [0.29, 0.717) is 0 Å². The third-order valence-electron chi connectivity index (χ3n) is 11.2. The summed E-state index contributed by atoms with van der Waals surface area (Å²) in [7, 11) is 0. The fourth-order valence-electron chi connectivity index (χ4n) is 8.98. The van der Waals surface area contributed by atoms with E-state index in [-0.39, 0.29) is 21.8 Å². The van der Waals surface area contributed by atoms with E-state index in [4.69, 9.17) is 0 Å². The van der Waals surface area contributed by atoms with Gasteiger partial charge >= 0.3 is 0 Å². The molecule has 1 fully saturated rings. The van der Waals surface area contributed by atoms with Crippen LogP contribution in [0.15, 0.2) is 24.4 Å². The Morgan fingerprint density at radius 1 is 0.727 bits per heavy atom. The van der Waals surface area contributed by atoms with Gasteiger partial charge < -0.3 is 0 Å². The first-order chi connectivity index (χ1) is 15.5. The van der Waals surface area contributed by atoms with Crippen molar-refractivity contribution in [3.8, 4) is 11.3 Å². The van der Waals surface area contributed by atoms with Crippen LogP contribution in [0.3, 0.4) is 0 Å². The van der Waals surface area contributed by atoms with Crippen molar-refractivity contribution >= 4 is 0 Å². The number of aromatic nitrogens is 1. The molecule has 2 aromatic rings. The fraction of sp³-hybridized carbons (Fsp3) is 0.656. The van der Waals surface area contributed by atoms with Gasteiger partial charge in [-0.15, -0.1) is 0 Å². The monoisotopic (exact) mass is 442 g/mol. The highest BCUT2D eigenvalue weighted by Crippen LogP contribution is 2.57. The maximum absolute atomic E-state index is 2.76. The van der Waals surface area contributed by atoms with Crippen LogP contribution >= 0.6 is 0 Å². The van der Waals surface area contributed by atoms with Crippen molar-refractivity contribution in [2.75, 3.05) is 0 Å². The van der Waals surface area contributed by atoms with Gasteiger partial charge in [0.25, 0.3) is 0 Å². The molecule has 0 amide bonds. The fourth-order valence-corrected chi connectivity index (χ4v) is 8.98. The van der Waals surface area contributed by atoms with E-state index in [0.717, 1.165) is 18.3 Å². The summed E-state index contributed by atoms with van der Waals surface area (Å²) in [4.78, 5) is 0. The first-order valence-corrected chi connectivity index (χ1v) is 13.8. The second-order valence-corrected chi connectivity index (χ2v) is 13.7. The lowest BCUT2D eigenvalue weighted by atomic mass is 9.59. The molecule has 1 aliphatic heterocycles. The standard InChI is InChI=1S/C32H44N/c1-9-31(7)25-17-27-26(29(3,4)19-30(27,5)6)15-23(25)28-16-22-20-11-13-21(14-12-20)24(22)18-33(28)32(31,8)10-2/h15-18,20-21H,9-14,19H2,1-8H3/q+1. The van der Waals surface area contributed by atoms with Gasteiger partial charge in [0.15, 0.2) is 11.7 Å². The molecule has 2 unspecified atom stereocenters. The van der Waals surface area contributed by atoms with Crippen LogP contribution in [-0.4, -0.2) is 0 Å². The molecule has 1 aromatic carbocycles. The van der Waals surface area contributed by atoms with Crippen molar-refractivity contribution in [2.45, 2.75) is 134 Å². The van der Waals surface area contributed by atoms with E-state index in [1.807, 2.05) is 0 Å². The normalized spacial score (nSPS) is 34.4. The molecule has 2 atom stereocenters. The molecule has 1 nitrogen and oxygen atoms in total. The second kappa shape index (κ2) is 6.52. The third-order valence-corrected chi connectivity index (χ3v) is 11.2. The molecular weight excluding hydrogens is 398 g/mol. The van der Waals surface area contributed by atoms with Gasteiger partial charge in [0.05, 0.1) is 11.0 Å². The summed E-state index contributed by atoms with van der Waals surface area (Å²) >= 11 is 0. The van der Waals surface area contributed by atoms with Crippen LogP contribution in [0, 0.1) is 0 Å². The summed E-state index contributed by atoms with van der Waals surface area (Å²) in [6.07, 6.45) is 11.8. The predicted molar refractivity (Wildman–Crippen MR) is 138 cm³/mol. The van der Waals surface area contributed by atoms with Crippen LogP contribution in [0.4, 0.5) is 0 Å². The van der Waals surface area contributed by atoms with Gasteiger partial charge in [-0.1, -0.05) is 47.6 Å². The predicted octanol–water partition coefficient (Wildman–Crippen LogP) is 8.16. The molecule has 7 rings (SSSR count). The van der Waals surface area contributed by atoms with E-state index in [9.17, 15) is 0 Å². The molecule has 1 heteroatoms. The summed E-state index contributed by atoms with van der Waals surface area (Å²) < 4.78 is 2.76. The molecule has 0 saturated heterocycles. The number of hydrogen-bond donors (Lipinski definition) is 0. The minimum atomic E-state index is 0.0856. The van der Waals surface area contributed by atoms with E-state index in [1.54, 1.807) is 27.8 Å². The number of fused-ring (bicyclic) bond motifs is 6. The lowest BCUT2D eigenvalue weighted by molar-refractivity contribution is -0.765. The van der Waals surface area contributed by atoms with Gasteiger partial charge in [-0.05, 0) is 96.4 Å². The van der Waals surface area contributed by atoms with Crippen LogP contribution < -0.4 is 4.57 Å². The minimum Gasteiger partial charge on any atom is -0.192 e. The molecule has 2 heterocycles. The summed E-state index contributed by atoms with van der Waals surface area (Å²) in [5.41, 5.74) is 11.9. The maximum Gasteiger partial charge on any atom is 0.213 e. The SMILES string of the molecule is CCC1(C)c2cc3c(cc2-c2cc4c(c[n+]2C1(C)CC)C1CCC4CC1)C(C)(C)CC3(C)C. The number of hydrogen-bond acceptors (Lipinski definition) is 0. The summed E-state index contributed by atoms with van der Waals surface area (Å²) in [6, 6.07) is 7.97. The zero-order valence-electron chi connectivity index (χ0n) is 22.4. The molecule has 0 radical (unpaired) electrons. The van der Waals surface area contributed by atoms with Crippen molar-refractivity contribution in [3.63, 3.8) is 0 Å². The first-order valence-electron chi connectivity index (χ1n) is 13.8. The topological polar surface area (TPSA) is 3.88 Å². The second-order valence-electron chi connectivity index (χ2n) is 13.7. The summed E-state index contributed by atoms with van der Waals surface area (Å²) in [6.45, 7) is 19.8. The number of nitrogens with zero attached hydrogens (tertiary/aromatic N) is 1. The molecule has 5 aliphatic rings. The Hall–Kier alpha value is -1.63. The Bertz CT molecular complexity index is 1160. The van der Waals surface area contributed by atoms with Crippen LogP contribution in [0.2, 0.25) is 0 Å². The number of rotatable bonds is 2. The highest BCUT2D eigenvalue weighted by atomic mass is 15.1. The van der Waals surface area contributed by atoms with Gasteiger partial charge in [-0.2, -0.15) is 4.57 Å². The molecule has 4 aliphatic carbocycles. The minimum absolute atomic E-state index is 0.0856. The van der Waals surface area contributed by atoms with Crippen molar-refractivity contribution in [1.29, 1.82) is 0 Å². The highest BCUT2D eigenvalue weighted by Gasteiger charge is 2.58. The number of benzene rings is 1. The largest absolute Gasteiger partial charge is 0.213 e. The Labute approximate surface area is 202 Å². The molecule has 2 bridgehead atoms. The van der Waals surface area contributed by atoms with Crippen LogP contribution in [0.5, 0.6) is 0 Å². The average Bonchev–Trinajstić information content (AvgIpc) is 2.99. The number of pyridine rings is 1. The zero-order chi connectivity index (χ0) is 23.6. The van der Waals surface area contributed by atoms with Crippen molar-refractivity contribution in [1.82, 2.24) is 0 Å². The Morgan fingerprint density at radius 2 is 1.30 bits per heavy atom. The lowest BCUT2D eigenvalue weighted by Gasteiger charge is -2.48. The molecule has 33 heavy (non-hydrogen) atoms. The Kier molecular flexibility index (Phi) is 4.32. The molecule has 1 saturated carbocycles. The molecule has 0 spiro atoms. The molecule has 1 aromatic heterocycles. The van der Waals surface area contributed by atoms with Crippen LogP contribution in [0.1, 0.15) is 140 Å². The van der Waals surface area contributed by atoms with Gasteiger partial charge in [-0.25, -0.2) is 0 Å². The van der Waals surface area contributed by atoms with Crippen LogP contribution in [0.25, 0.3) is 11.3 Å². The van der Waals surface area contributed by atoms with Crippen molar-refractivity contribution in [2.24, 2.45) is 0 Å². The van der Waals surface area contributed by atoms with E-state index >= 15 is 0 Å². The Morgan fingerprint density at radius 3 is 1.88 bits per heavy atom. The summed E-state index contributed by atoms with van der Waals surface area (Å²) in [5.74, 6) is 1.58. The van der Waals surface area contributed by atoms with E-state index < -0.39 is 0 Å². The van der Waals surface area contributed by atoms with E-state index in [2.05, 4.69) is 84.4 Å². The highest BCUT2D eigenvalue weighted by molar-refractivity contribution is 5.71. The average molecular weight is 443 g/mol. The lowest BCUT2D eigenvalue weighted by Crippen LogP contribution is -2.67. The van der Waals surface area contributed by atoms with Gasteiger partial charge in [0.2, 0.25) is 5.69 Å². The molecule has 0 N–H and O–H groups in total. The maximum atomic E-state index is 2.76. The van der Waals surface area contributed by atoms with E-state index in [1.165, 1.54) is 49.8 Å². The van der Waals surface area contributed by atoms with Crippen LogP contribution in [-0.2, 0) is 21.8 Å². The van der Waals surface area contributed by atoms with Gasteiger partial charge in [-0.3, -0.25) is 0 Å². The van der Waals surface area contributed by atoms with Gasteiger partial charge in [0.1, 0.15) is 0 Å². The quantitative estimate of drug-likeness (QED) is 0.413. The smallest absolute Gasteiger partial charge is 0.192 e. The molecular formula is C32H44N+. The van der Waals surface area contributed by atoms with Crippen molar-refractivity contribution < 1.29 is 4.57 Å². The Balaban J connectivity index is 1.71. The third kappa shape index (κ3) is 2.58. The van der Waals surface area contributed by atoms with Gasteiger partial charge in [0, 0.05) is 25.0 Å². The van der Waals surface area contributed by atoms with Crippen molar-refractivity contribution in [3.05, 3.63) is 52.2 Å². The molecule has 176 valence electrons. The first kappa shape index (κ1) is 21.9. The summed E-state index contributed by atoms with van der Waals surface area (Å²) in [5, 5.41) is 0. The zero-order valence-corrected chi connectivity index (χ0v) is 22.4.